The van der Waals surface area contributed by atoms with E-state index >= 15 is 0 Å². The molecule has 0 bridgehead atoms. The molecule has 2 aromatic rings. The topological polar surface area (TPSA) is 22.1 Å². The van der Waals surface area contributed by atoms with Crippen molar-refractivity contribution in [3.63, 3.8) is 0 Å². The summed E-state index contributed by atoms with van der Waals surface area (Å²) in [5, 5.41) is 1.08. The molecule has 0 N–H and O–H groups in total. The van der Waals surface area contributed by atoms with E-state index in [1.807, 2.05) is 24.4 Å². The zero-order chi connectivity index (χ0) is 13.5. The third kappa shape index (κ3) is 3.93. The Morgan fingerprint density at radius 3 is 2.58 bits per heavy atom. The SMILES string of the molecule is CC/C=C/COc1ccc(-c2ncc(CC)s2)cc1. The summed E-state index contributed by atoms with van der Waals surface area (Å²) in [4.78, 5) is 5.76. The fourth-order valence-corrected chi connectivity index (χ4v) is 2.53. The first kappa shape index (κ1) is 13.8. The van der Waals surface area contributed by atoms with Crippen molar-refractivity contribution < 1.29 is 4.74 Å². The molecule has 0 aliphatic carbocycles. The minimum Gasteiger partial charge on any atom is -0.490 e. The van der Waals surface area contributed by atoms with Crippen LogP contribution in [0.2, 0.25) is 0 Å². The van der Waals surface area contributed by atoms with E-state index in [0.717, 1.165) is 29.2 Å². The molecule has 1 heterocycles. The van der Waals surface area contributed by atoms with E-state index in [0.29, 0.717) is 6.61 Å². The van der Waals surface area contributed by atoms with E-state index in [2.05, 4.69) is 37.0 Å². The highest BCUT2D eigenvalue weighted by Gasteiger charge is 2.03. The molecule has 0 amide bonds. The van der Waals surface area contributed by atoms with E-state index in [9.17, 15) is 0 Å². The number of ether oxygens (including phenoxy) is 1. The summed E-state index contributed by atoms with van der Waals surface area (Å²) in [6.07, 6.45) is 8.20. The number of nitrogens with zero attached hydrogens (tertiary/aromatic N) is 1. The van der Waals surface area contributed by atoms with Crippen LogP contribution in [0.4, 0.5) is 0 Å². The second-order valence-electron chi connectivity index (χ2n) is 4.20. The maximum atomic E-state index is 5.62. The van der Waals surface area contributed by atoms with Crippen molar-refractivity contribution in [3.8, 4) is 16.3 Å². The zero-order valence-electron chi connectivity index (χ0n) is 11.4. The Bertz CT molecular complexity index is 528. The molecule has 0 atom stereocenters. The molecule has 2 nitrogen and oxygen atoms in total. The molecule has 0 aliphatic heterocycles. The van der Waals surface area contributed by atoms with Crippen molar-refractivity contribution in [2.75, 3.05) is 6.61 Å². The maximum Gasteiger partial charge on any atom is 0.123 e. The monoisotopic (exact) mass is 273 g/mol. The third-order valence-corrected chi connectivity index (χ3v) is 3.94. The summed E-state index contributed by atoms with van der Waals surface area (Å²) in [5.41, 5.74) is 1.15. The van der Waals surface area contributed by atoms with Crippen LogP contribution in [0.3, 0.4) is 0 Å². The Morgan fingerprint density at radius 2 is 1.95 bits per heavy atom. The fraction of sp³-hybridized carbons (Fsp3) is 0.312. The Labute approximate surface area is 118 Å². The number of aromatic nitrogens is 1. The second kappa shape index (κ2) is 7.10. The lowest BCUT2D eigenvalue weighted by atomic mass is 10.2. The number of rotatable bonds is 6. The van der Waals surface area contributed by atoms with Gasteiger partial charge >= 0.3 is 0 Å². The molecule has 2 rings (SSSR count). The number of allylic oxidation sites excluding steroid dienone is 1. The first-order chi connectivity index (χ1) is 9.33. The lowest BCUT2D eigenvalue weighted by molar-refractivity contribution is 0.362. The molecule has 1 aromatic carbocycles. The molecule has 0 saturated carbocycles. The number of hydrogen-bond acceptors (Lipinski definition) is 3. The molecule has 0 radical (unpaired) electrons. The molecule has 0 saturated heterocycles. The Morgan fingerprint density at radius 1 is 1.16 bits per heavy atom. The highest BCUT2D eigenvalue weighted by Crippen LogP contribution is 2.26. The fourth-order valence-electron chi connectivity index (χ4n) is 1.68. The largest absolute Gasteiger partial charge is 0.490 e. The van der Waals surface area contributed by atoms with Crippen molar-refractivity contribution in [1.82, 2.24) is 4.98 Å². The molecular formula is C16H19NOS. The normalized spacial score (nSPS) is 11.1. The molecular weight excluding hydrogens is 254 g/mol. The van der Waals surface area contributed by atoms with Gasteiger partial charge in [0, 0.05) is 16.6 Å². The van der Waals surface area contributed by atoms with Crippen molar-refractivity contribution in [2.45, 2.75) is 26.7 Å². The average Bonchev–Trinajstić information content (AvgIpc) is 2.93. The second-order valence-corrected chi connectivity index (χ2v) is 5.32. The Balaban J connectivity index is 1.99. The molecule has 3 heteroatoms. The molecule has 19 heavy (non-hydrogen) atoms. The van der Waals surface area contributed by atoms with Crippen molar-refractivity contribution in [2.24, 2.45) is 0 Å². The minimum absolute atomic E-state index is 0.629. The lowest BCUT2D eigenvalue weighted by Crippen LogP contribution is -1.92. The van der Waals surface area contributed by atoms with Crippen LogP contribution in [-0.4, -0.2) is 11.6 Å². The first-order valence-corrected chi connectivity index (χ1v) is 7.48. The van der Waals surface area contributed by atoms with Crippen LogP contribution in [0.5, 0.6) is 5.75 Å². The van der Waals surface area contributed by atoms with Gasteiger partial charge in [-0.15, -0.1) is 11.3 Å². The smallest absolute Gasteiger partial charge is 0.123 e. The molecule has 100 valence electrons. The maximum absolute atomic E-state index is 5.62. The van der Waals surface area contributed by atoms with Crippen LogP contribution < -0.4 is 4.74 Å². The molecule has 0 spiro atoms. The van der Waals surface area contributed by atoms with Gasteiger partial charge in [0.25, 0.3) is 0 Å². The van der Waals surface area contributed by atoms with Crippen LogP contribution in [-0.2, 0) is 6.42 Å². The number of aryl methyl sites for hydroxylation is 1. The lowest BCUT2D eigenvalue weighted by Gasteiger charge is -2.03. The summed E-state index contributed by atoms with van der Waals surface area (Å²) in [5.74, 6) is 0.900. The number of hydrogen-bond donors (Lipinski definition) is 0. The first-order valence-electron chi connectivity index (χ1n) is 6.66. The third-order valence-electron chi connectivity index (χ3n) is 2.75. The van der Waals surface area contributed by atoms with Gasteiger partial charge < -0.3 is 4.74 Å². The summed E-state index contributed by atoms with van der Waals surface area (Å²) in [7, 11) is 0. The van der Waals surface area contributed by atoms with Crippen molar-refractivity contribution >= 4 is 11.3 Å². The average molecular weight is 273 g/mol. The van der Waals surface area contributed by atoms with Gasteiger partial charge in [-0.2, -0.15) is 0 Å². The van der Waals surface area contributed by atoms with Crippen molar-refractivity contribution in [3.05, 3.63) is 47.5 Å². The van der Waals surface area contributed by atoms with Gasteiger partial charge in [0.1, 0.15) is 17.4 Å². The molecule has 1 aromatic heterocycles. The molecule has 0 unspecified atom stereocenters. The van der Waals surface area contributed by atoms with Crippen LogP contribution in [0.25, 0.3) is 10.6 Å². The van der Waals surface area contributed by atoms with Gasteiger partial charge in [0.05, 0.1) is 0 Å². The van der Waals surface area contributed by atoms with E-state index in [1.54, 1.807) is 11.3 Å². The quantitative estimate of drug-likeness (QED) is 0.711. The summed E-state index contributed by atoms with van der Waals surface area (Å²) in [6, 6.07) is 8.14. The minimum atomic E-state index is 0.629. The Hall–Kier alpha value is -1.61. The van der Waals surface area contributed by atoms with Gasteiger partial charge in [0.2, 0.25) is 0 Å². The summed E-state index contributed by atoms with van der Waals surface area (Å²) < 4.78 is 5.62. The zero-order valence-corrected chi connectivity index (χ0v) is 12.2. The van der Waals surface area contributed by atoms with Gasteiger partial charge in [-0.3, -0.25) is 0 Å². The highest BCUT2D eigenvalue weighted by molar-refractivity contribution is 7.15. The molecule has 0 aliphatic rings. The van der Waals surface area contributed by atoms with E-state index in [4.69, 9.17) is 4.74 Å². The molecule has 0 fully saturated rings. The van der Waals surface area contributed by atoms with Crippen LogP contribution >= 0.6 is 11.3 Å². The standard InChI is InChI=1S/C16H19NOS/c1-3-5-6-11-18-14-9-7-13(8-10-14)16-17-12-15(4-2)19-16/h5-10,12H,3-4,11H2,1-2H3/b6-5+. The van der Waals surface area contributed by atoms with Crippen LogP contribution in [0.1, 0.15) is 25.1 Å². The predicted molar refractivity (Wildman–Crippen MR) is 81.9 cm³/mol. The van der Waals surface area contributed by atoms with E-state index in [1.165, 1.54) is 4.88 Å². The summed E-state index contributed by atoms with van der Waals surface area (Å²) in [6.45, 7) is 4.90. The summed E-state index contributed by atoms with van der Waals surface area (Å²) >= 11 is 1.75. The van der Waals surface area contributed by atoms with Gasteiger partial charge in [-0.05, 0) is 37.1 Å². The van der Waals surface area contributed by atoms with Crippen LogP contribution in [0.15, 0.2) is 42.6 Å². The van der Waals surface area contributed by atoms with Crippen molar-refractivity contribution in [1.29, 1.82) is 0 Å². The van der Waals surface area contributed by atoms with Gasteiger partial charge in [-0.1, -0.05) is 26.0 Å². The van der Waals surface area contributed by atoms with Gasteiger partial charge in [-0.25, -0.2) is 4.98 Å². The highest BCUT2D eigenvalue weighted by atomic mass is 32.1. The van der Waals surface area contributed by atoms with Gasteiger partial charge in [0.15, 0.2) is 0 Å². The number of benzene rings is 1. The van der Waals surface area contributed by atoms with E-state index in [-0.39, 0.29) is 0 Å². The predicted octanol–water partition coefficient (Wildman–Crippen LogP) is 4.72. The van der Waals surface area contributed by atoms with E-state index < -0.39 is 0 Å². The van der Waals surface area contributed by atoms with Crippen LogP contribution in [0, 0.1) is 0 Å². The Kier molecular flexibility index (Phi) is 5.16. The number of thiazole rings is 1.